The van der Waals surface area contributed by atoms with Crippen molar-refractivity contribution in [1.29, 1.82) is 0 Å². The minimum absolute atomic E-state index is 0.202. The molecule has 0 saturated carbocycles. The molecule has 2 rings (SSSR count). The fourth-order valence-electron chi connectivity index (χ4n) is 1.19. The molecule has 0 saturated heterocycles. The van der Waals surface area contributed by atoms with Gasteiger partial charge in [-0.2, -0.15) is 0 Å². The van der Waals surface area contributed by atoms with Crippen molar-refractivity contribution >= 4 is 11.7 Å². The Morgan fingerprint density at radius 1 is 1.39 bits per heavy atom. The van der Waals surface area contributed by atoms with E-state index in [1.807, 2.05) is 0 Å². The molecule has 1 amide bonds. The number of hydrogen-bond donors (Lipinski definition) is 1. The van der Waals surface area contributed by atoms with Gasteiger partial charge in [-0.25, -0.2) is 8.78 Å². The van der Waals surface area contributed by atoms with Crippen LogP contribution in [0, 0.1) is 11.6 Å². The third-order valence-electron chi connectivity index (χ3n) is 1.96. The predicted octanol–water partition coefficient (Wildman–Crippen LogP) is 1.97. The zero-order valence-electron chi connectivity index (χ0n) is 9.02. The highest BCUT2D eigenvalue weighted by Gasteiger charge is 2.09. The lowest BCUT2D eigenvalue weighted by Crippen LogP contribution is -2.20. The number of benzene rings is 1. The van der Waals surface area contributed by atoms with E-state index in [1.54, 1.807) is 0 Å². The summed E-state index contributed by atoms with van der Waals surface area (Å²) in [6.07, 6.45) is 1.29. The summed E-state index contributed by atoms with van der Waals surface area (Å²) in [6, 6.07) is 4.25. The zero-order chi connectivity index (χ0) is 13.0. The number of anilines is 1. The first-order valence-corrected chi connectivity index (χ1v) is 4.93. The lowest BCUT2D eigenvalue weighted by atomic mass is 10.3. The summed E-state index contributed by atoms with van der Waals surface area (Å²) in [6.45, 7) is -0.421. The highest BCUT2D eigenvalue weighted by atomic mass is 19.1. The monoisotopic (exact) mass is 254 g/mol. The lowest BCUT2D eigenvalue weighted by Gasteiger charge is -2.06. The van der Waals surface area contributed by atoms with Crippen molar-refractivity contribution in [2.45, 2.75) is 0 Å². The predicted molar refractivity (Wildman–Crippen MR) is 57.0 cm³/mol. The summed E-state index contributed by atoms with van der Waals surface area (Å²) in [7, 11) is 0. The number of amides is 1. The van der Waals surface area contributed by atoms with E-state index in [0.29, 0.717) is 6.07 Å². The molecule has 1 aromatic carbocycles. The first-order chi connectivity index (χ1) is 8.65. The van der Waals surface area contributed by atoms with Crippen LogP contribution in [-0.4, -0.2) is 17.7 Å². The lowest BCUT2D eigenvalue weighted by molar-refractivity contribution is -0.118. The maximum Gasteiger partial charge on any atom is 0.263 e. The number of carbonyl (C=O) groups is 1. The molecule has 1 aromatic heterocycles. The summed E-state index contributed by atoms with van der Waals surface area (Å²) in [5, 5.41) is 5.81. The molecule has 1 heterocycles. The van der Waals surface area contributed by atoms with Crippen LogP contribution >= 0.6 is 0 Å². The Hall–Kier alpha value is -2.44. The van der Waals surface area contributed by atoms with Crippen LogP contribution in [0.15, 0.2) is 35.1 Å². The first-order valence-electron chi connectivity index (χ1n) is 4.93. The number of ether oxygens (including phenoxy) is 1. The molecule has 0 aliphatic rings. The summed E-state index contributed by atoms with van der Waals surface area (Å²) in [5.74, 6) is -2.10. The van der Waals surface area contributed by atoms with Gasteiger partial charge in [0.15, 0.2) is 24.0 Å². The number of hydrogen-bond acceptors (Lipinski definition) is 4. The third kappa shape index (κ3) is 3.03. The molecule has 0 fully saturated rings. The number of carbonyl (C=O) groups excluding carboxylic acids is 1. The molecule has 0 bridgehead atoms. The van der Waals surface area contributed by atoms with Gasteiger partial charge >= 0.3 is 0 Å². The van der Waals surface area contributed by atoms with E-state index in [2.05, 4.69) is 15.0 Å². The molecule has 0 spiro atoms. The molecule has 0 unspecified atom stereocenters. The van der Waals surface area contributed by atoms with Crippen LogP contribution in [0.3, 0.4) is 0 Å². The Balaban J connectivity index is 1.89. The molecule has 5 nitrogen and oxygen atoms in total. The summed E-state index contributed by atoms with van der Waals surface area (Å²) >= 11 is 0. The van der Waals surface area contributed by atoms with E-state index in [1.165, 1.54) is 12.3 Å². The highest BCUT2D eigenvalue weighted by molar-refractivity contribution is 5.90. The van der Waals surface area contributed by atoms with E-state index in [0.717, 1.165) is 12.1 Å². The topological polar surface area (TPSA) is 64.4 Å². The van der Waals surface area contributed by atoms with Gasteiger partial charge in [-0.3, -0.25) is 4.79 Å². The molecule has 1 N–H and O–H groups in total. The quantitative estimate of drug-likeness (QED) is 0.905. The fraction of sp³-hybridized carbons (Fsp3) is 0.0909. The van der Waals surface area contributed by atoms with Gasteiger partial charge < -0.3 is 14.6 Å². The highest BCUT2D eigenvalue weighted by Crippen LogP contribution is 2.17. The summed E-state index contributed by atoms with van der Waals surface area (Å²) in [4.78, 5) is 11.3. The molecule has 18 heavy (non-hydrogen) atoms. The summed E-state index contributed by atoms with van der Waals surface area (Å²) in [5.41, 5.74) is 0. The fourth-order valence-corrected chi connectivity index (χ4v) is 1.19. The third-order valence-corrected chi connectivity index (χ3v) is 1.96. The molecule has 7 heteroatoms. The van der Waals surface area contributed by atoms with Crippen molar-refractivity contribution < 1.29 is 22.8 Å². The second-order valence-electron chi connectivity index (χ2n) is 3.30. The smallest absolute Gasteiger partial charge is 0.263 e. The first kappa shape index (κ1) is 12.0. The van der Waals surface area contributed by atoms with E-state index in [4.69, 9.17) is 4.74 Å². The molecule has 2 aromatic rings. The normalized spacial score (nSPS) is 10.1. The Labute approximate surface area is 100 Å². The molecular weight excluding hydrogens is 246 g/mol. The standard InChI is InChI=1S/C11H8F2N2O3/c12-7-1-2-9(8(13)5-7)17-6-11(16)14-10-3-4-18-15-10/h1-5H,6H2,(H,14,15,16). The van der Waals surface area contributed by atoms with Gasteiger partial charge in [0.05, 0.1) is 0 Å². The van der Waals surface area contributed by atoms with Crippen molar-refractivity contribution in [3.05, 3.63) is 42.2 Å². The molecular formula is C11H8F2N2O3. The van der Waals surface area contributed by atoms with Crippen molar-refractivity contribution in [2.75, 3.05) is 11.9 Å². The van der Waals surface area contributed by atoms with Gasteiger partial charge in [0, 0.05) is 12.1 Å². The minimum atomic E-state index is -0.871. The van der Waals surface area contributed by atoms with Crippen molar-refractivity contribution in [1.82, 2.24) is 5.16 Å². The van der Waals surface area contributed by atoms with Gasteiger partial charge in [0.1, 0.15) is 12.1 Å². The van der Waals surface area contributed by atoms with E-state index < -0.39 is 24.1 Å². The Kier molecular flexibility index (Phi) is 3.52. The second-order valence-corrected chi connectivity index (χ2v) is 3.30. The molecule has 0 atom stereocenters. The van der Waals surface area contributed by atoms with Crippen LogP contribution in [0.1, 0.15) is 0 Å². The van der Waals surface area contributed by atoms with Crippen molar-refractivity contribution in [2.24, 2.45) is 0 Å². The van der Waals surface area contributed by atoms with Gasteiger partial charge in [-0.1, -0.05) is 5.16 Å². The van der Waals surface area contributed by atoms with Crippen molar-refractivity contribution in [3.63, 3.8) is 0 Å². The van der Waals surface area contributed by atoms with Gasteiger partial charge in [-0.15, -0.1) is 0 Å². The number of rotatable bonds is 4. The SMILES string of the molecule is O=C(COc1ccc(F)cc1F)Nc1ccon1. The van der Waals surface area contributed by atoms with Crippen molar-refractivity contribution in [3.8, 4) is 5.75 Å². The van der Waals surface area contributed by atoms with Crippen LogP contribution in [0.5, 0.6) is 5.75 Å². The molecule has 0 radical (unpaired) electrons. The Morgan fingerprint density at radius 2 is 2.22 bits per heavy atom. The maximum atomic E-state index is 13.2. The van der Waals surface area contributed by atoms with E-state index >= 15 is 0 Å². The molecule has 0 aliphatic heterocycles. The maximum absolute atomic E-state index is 13.2. The number of nitrogens with zero attached hydrogens (tertiary/aromatic N) is 1. The van der Waals surface area contributed by atoms with Crippen LogP contribution < -0.4 is 10.1 Å². The minimum Gasteiger partial charge on any atom is -0.481 e. The largest absolute Gasteiger partial charge is 0.481 e. The molecule has 0 aliphatic carbocycles. The number of aromatic nitrogens is 1. The average Bonchev–Trinajstić information content (AvgIpc) is 2.80. The van der Waals surface area contributed by atoms with Crippen LogP contribution in [0.4, 0.5) is 14.6 Å². The van der Waals surface area contributed by atoms with Gasteiger partial charge in [-0.05, 0) is 12.1 Å². The number of nitrogens with one attached hydrogen (secondary N) is 1. The van der Waals surface area contributed by atoms with Crippen LogP contribution in [-0.2, 0) is 4.79 Å². The van der Waals surface area contributed by atoms with Gasteiger partial charge in [0.25, 0.3) is 5.91 Å². The second kappa shape index (κ2) is 5.26. The van der Waals surface area contributed by atoms with Crippen LogP contribution in [0.2, 0.25) is 0 Å². The molecule has 94 valence electrons. The van der Waals surface area contributed by atoms with E-state index in [9.17, 15) is 13.6 Å². The Morgan fingerprint density at radius 3 is 2.89 bits per heavy atom. The summed E-state index contributed by atoms with van der Waals surface area (Å²) < 4.78 is 35.2. The zero-order valence-corrected chi connectivity index (χ0v) is 9.02. The van der Waals surface area contributed by atoms with E-state index in [-0.39, 0.29) is 11.6 Å². The average molecular weight is 254 g/mol. The Bertz CT molecular complexity index is 543. The number of halogens is 2. The van der Waals surface area contributed by atoms with Gasteiger partial charge in [0.2, 0.25) is 0 Å². The van der Waals surface area contributed by atoms with Crippen LogP contribution in [0.25, 0.3) is 0 Å².